The van der Waals surface area contributed by atoms with Crippen molar-refractivity contribution in [1.29, 1.82) is 0 Å². The van der Waals surface area contributed by atoms with E-state index in [9.17, 15) is 13.2 Å². The molecule has 0 fully saturated rings. The Kier molecular flexibility index (Phi) is 6.99. The maximum absolute atomic E-state index is 12.2. The van der Waals surface area contributed by atoms with Crippen molar-refractivity contribution in [3.05, 3.63) is 18.2 Å². The maximum atomic E-state index is 12.2. The molecule has 0 radical (unpaired) electrons. The van der Waals surface area contributed by atoms with Gasteiger partial charge in [0, 0.05) is 20.6 Å². The van der Waals surface area contributed by atoms with Gasteiger partial charge in [0.05, 0.1) is 22.3 Å². The number of nitrogens with one attached hydrogen (secondary N) is 2. The summed E-state index contributed by atoms with van der Waals surface area (Å²) in [5.41, 5.74) is 6.88. The average molecular weight is 342 g/mol. The van der Waals surface area contributed by atoms with Gasteiger partial charge in [0.2, 0.25) is 15.9 Å². The first-order valence-electron chi connectivity index (χ1n) is 7.60. The zero-order valence-corrected chi connectivity index (χ0v) is 14.9. The lowest BCUT2D eigenvalue weighted by atomic mass is 10.1. The van der Waals surface area contributed by atoms with Gasteiger partial charge in [-0.1, -0.05) is 13.3 Å². The number of nitrogens with zero attached hydrogens (tertiary/aromatic N) is 1. The lowest BCUT2D eigenvalue weighted by Gasteiger charge is -2.18. The van der Waals surface area contributed by atoms with E-state index in [1.807, 2.05) is 13.8 Å². The second-order valence-electron chi connectivity index (χ2n) is 5.41. The monoisotopic (exact) mass is 342 g/mol. The van der Waals surface area contributed by atoms with Gasteiger partial charge in [-0.25, -0.2) is 12.7 Å². The topological polar surface area (TPSA) is 105 Å². The number of sulfonamides is 1. The minimum atomic E-state index is -3.57. The summed E-state index contributed by atoms with van der Waals surface area (Å²) in [6.07, 6.45) is 1.36. The molecule has 1 rings (SSSR count). The lowest BCUT2D eigenvalue weighted by Crippen LogP contribution is -2.35. The standard InChI is InChI=1S/C15H26N4O3S/c1-5-7-12(16)15(20)18-14-10-11(23(21,22)19(3)4)8-9-13(14)17-6-2/h8-10,12,17H,5-7,16H2,1-4H3,(H,18,20). The third-order valence-electron chi connectivity index (χ3n) is 3.33. The number of carbonyl (C=O) groups is 1. The van der Waals surface area contributed by atoms with Crippen molar-refractivity contribution in [1.82, 2.24) is 4.31 Å². The Morgan fingerprint density at radius 1 is 1.26 bits per heavy atom. The first kappa shape index (κ1) is 19.4. The fourth-order valence-electron chi connectivity index (χ4n) is 2.01. The zero-order valence-electron chi connectivity index (χ0n) is 14.1. The number of carbonyl (C=O) groups excluding carboxylic acids is 1. The van der Waals surface area contributed by atoms with Crippen LogP contribution < -0.4 is 16.4 Å². The summed E-state index contributed by atoms with van der Waals surface area (Å²) in [7, 11) is -0.652. The Morgan fingerprint density at radius 3 is 2.43 bits per heavy atom. The van der Waals surface area contributed by atoms with Gasteiger partial charge in [-0.05, 0) is 31.5 Å². The molecule has 8 heteroatoms. The Balaban J connectivity index is 3.19. The number of anilines is 2. The Hall–Kier alpha value is -1.64. The third kappa shape index (κ3) is 4.92. The van der Waals surface area contributed by atoms with Crippen LogP contribution in [0.1, 0.15) is 26.7 Å². The summed E-state index contributed by atoms with van der Waals surface area (Å²) in [6.45, 7) is 4.50. The second kappa shape index (κ2) is 8.28. The van der Waals surface area contributed by atoms with Gasteiger partial charge < -0.3 is 16.4 Å². The van der Waals surface area contributed by atoms with Gasteiger partial charge in [-0.2, -0.15) is 0 Å². The molecule has 1 atom stereocenters. The molecule has 1 unspecified atom stereocenters. The molecule has 4 N–H and O–H groups in total. The molecule has 0 bridgehead atoms. The molecule has 130 valence electrons. The first-order chi connectivity index (χ1) is 10.7. The number of nitrogens with two attached hydrogens (primary N) is 1. The number of rotatable bonds is 8. The highest BCUT2D eigenvalue weighted by Gasteiger charge is 2.20. The van der Waals surface area contributed by atoms with Crippen molar-refractivity contribution in [3.63, 3.8) is 0 Å². The third-order valence-corrected chi connectivity index (χ3v) is 5.14. The van der Waals surface area contributed by atoms with Crippen molar-refractivity contribution in [2.24, 2.45) is 5.73 Å². The highest BCUT2D eigenvalue weighted by atomic mass is 32.2. The van der Waals surface area contributed by atoms with Crippen LogP contribution in [-0.4, -0.2) is 45.3 Å². The summed E-state index contributed by atoms with van der Waals surface area (Å²) >= 11 is 0. The summed E-state index contributed by atoms with van der Waals surface area (Å²) < 4.78 is 25.6. The minimum Gasteiger partial charge on any atom is -0.384 e. The van der Waals surface area contributed by atoms with Crippen LogP contribution in [0, 0.1) is 0 Å². The lowest BCUT2D eigenvalue weighted by molar-refractivity contribution is -0.117. The summed E-state index contributed by atoms with van der Waals surface area (Å²) in [4.78, 5) is 12.2. The molecule has 0 aliphatic heterocycles. The van der Waals surface area contributed by atoms with Crippen LogP contribution in [0.5, 0.6) is 0 Å². The van der Waals surface area contributed by atoms with Crippen LogP contribution in [0.25, 0.3) is 0 Å². The molecule has 0 heterocycles. The number of hydrogen-bond donors (Lipinski definition) is 3. The van der Waals surface area contributed by atoms with E-state index in [4.69, 9.17) is 5.73 Å². The highest BCUT2D eigenvalue weighted by molar-refractivity contribution is 7.89. The SMILES string of the molecule is CCCC(N)C(=O)Nc1cc(S(=O)(=O)N(C)C)ccc1NCC. The van der Waals surface area contributed by atoms with Crippen LogP contribution in [-0.2, 0) is 14.8 Å². The van der Waals surface area contributed by atoms with E-state index in [1.165, 1.54) is 26.2 Å². The smallest absolute Gasteiger partial charge is 0.242 e. The number of hydrogen-bond acceptors (Lipinski definition) is 5. The molecule has 1 aromatic carbocycles. The summed E-state index contributed by atoms with van der Waals surface area (Å²) in [6, 6.07) is 3.98. The maximum Gasteiger partial charge on any atom is 0.242 e. The largest absolute Gasteiger partial charge is 0.384 e. The second-order valence-corrected chi connectivity index (χ2v) is 7.56. The van der Waals surface area contributed by atoms with Crippen molar-refractivity contribution in [3.8, 4) is 0 Å². The van der Waals surface area contributed by atoms with E-state index in [0.29, 0.717) is 24.3 Å². The van der Waals surface area contributed by atoms with Gasteiger partial charge in [0.25, 0.3) is 0 Å². The van der Waals surface area contributed by atoms with E-state index in [2.05, 4.69) is 10.6 Å². The molecule has 0 aromatic heterocycles. The highest BCUT2D eigenvalue weighted by Crippen LogP contribution is 2.27. The quantitative estimate of drug-likeness (QED) is 0.663. The molecule has 0 aliphatic carbocycles. The zero-order chi connectivity index (χ0) is 17.6. The van der Waals surface area contributed by atoms with Gasteiger partial charge in [-0.15, -0.1) is 0 Å². The van der Waals surface area contributed by atoms with Gasteiger partial charge in [0.1, 0.15) is 0 Å². The van der Waals surface area contributed by atoms with Gasteiger partial charge in [0.15, 0.2) is 0 Å². The van der Waals surface area contributed by atoms with Crippen LogP contribution >= 0.6 is 0 Å². The Bertz CT molecular complexity index is 644. The molecule has 0 saturated heterocycles. The molecule has 1 amide bonds. The molecular weight excluding hydrogens is 316 g/mol. The minimum absolute atomic E-state index is 0.114. The van der Waals surface area contributed by atoms with Crippen molar-refractivity contribution in [2.45, 2.75) is 37.6 Å². The molecule has 0 spiro atoms. The van der Waals surface area contributed by atoms with E-state index in [1.54, 1.807) is 6.07 Å². The summed E-state index contributed by atoms with van der Waals surface area (Å²) in [5.74, 6) is -0.328. The van der Waals surface area contributed by atoms with Crippen molar-refractivity contribution in [2.75, 3.05) is 31.3 Å². The van der Waals surface area contributed by atoms with Crippen LogP contribution in [0.4, 0.5) is 11.4 Å². The molecule has 0 aliphatic rings. The predicted octanol–water partition coefficient (Wildman–Crippen LogP) is 1.43. The summed E-state index contributed by atoms with van der Waals surface area (Å²) in [5, 5.41) is 5.82. The number of amides is 1. The van der Waals surface area contributed by atoms with Gasteiger partial charge in [-0.3, -0.25) is 4.79 Å². The Labute approximate surface area is 138 Å². The fourth-order valence-corrected chi connectivity index (χ4v) is 2.94. The van der Waals surface area contributed by atoms with Crippen LogP contribution in [0.15, 0.2) is 23.1 Å². The van der Waals surface area contributed by atoms with E-state index >= 15 is 0 Å². The fraction of sp³-hybridized carbons (Fsp3) is 0.533. The van der Waals surface area contributed by atoms with Gasteiger partial charge >= 0.3 is 0 Å². The van der Waals surface area contributed by atoms with E-state index in [-0.39, 0.29) is 10.8 Å². The van der Waals surface area contributed by atoms with Crippen LogP contribution in [0.3, 0.4) is 0 Å². The predicted molar refractivity (Wildman–Crippen MR) is 93.0 cm³/mol. The van der Waals surface area contributed by atoms with Crippen LogP contribution in [0.2, 0.25) is 0 Å². The number of benzene rings is 1. The molecule has 0 saturated carbocycles. The van der Waals surface area contributed by atoms with Crippen molar-refractivity contribution >= 4 is 27.3 Å². The van der Waals surface area contributed by atoms with E-state index < -0.39 is 16.1 Å². The first-order valence-corrected chi connectivity index (χ1v) is 9.04. The normalized spacial score (nSPS) is 13.0. The van der Waals surface area contributed by atoms with E-state index in [0.717, 1.165) is 10.7 Å². The average Bonchev–Trinajstić information content (AvgIpc) is 2.49. The molecule has 7 nitrogen and oxygen atoms in total. The molecular formula is C15H26N4O3S. The molecule has 1 aromatic rings. The van der Waals surface area contributed by atoms with Crippen molar-refractivity contribution < 1.29 is 13.2 Å². The molecule has 23 heavy (non-hydrogen) atoms. The Morgan fingerprint density at radius 2 is 1.91 bits per heavy atom.